The molecular weight excluding hydrogens is 451 g/mol. The Labute approximate surface area is 207 Å². The number of halogens is 2. The summed E-state index contributed by atoms with van der Waals surface area (Å²) in [5, 5.41) is 0.707. The van der Waals surface area contributed by atoms with E-state index in [2.05, 4.69) is 29.7 Å². The molecule has 5 rings (SSSR count). The van der Waals surface area contributed by atoms with Gasteiger partial charge in [-0.3, -0.25) is 9.80 Å². The van der Waals surface area contributed by atoms with Crippen molar-refractivity contribution in [2.45, 2.75) is 38.3 Å². The molecule has 0 spiro atoms. The van der Waals surface area contributed by atoms with Gasteiger partial charge in [-0.2, -0.15) is 0 Å². The molecule has 2 heterocycles. The van der Waals surface area contributed by atoms with Crippen molar-refractivity contribution < 1.29 is 9.18 Å². The van der Waals surface area contributed by atoms with Crippen molar-refractivity contribution in [1.82, 2.24) is 19.6 Å². The number of hydrogen-bond acceptors (Lipinski definition) is 3. The summed E-state index contributed by atoms with van der Waals surface area (Å²) >= 11 is 6.35. The normalized spacial score (nSPS) is 23.9. The van der Waals surface area contributed by atoms with Gasteiger partial charge in [-0.05, 0) is 55.2 Å². The Morgan fingerprint density at radius 2 is 1.71 bits per heavy atom. The van der Waals surface area contributed by atoms with Crippen molar-refractivity contribution in [3.05, 3.63) is 70.0 Å². The van der Waals surface area contributed by atoms with E-state index >= 15 is 0 Å². The molecule has 2 unspecified atom stereocenters. The lowest BCUT2D eigenvalue weighted by Crippen LogP contribution is -2.49. The van der Waals surface area contributed by atoms with Gasteiger partial charge < -0.3 is 9.80 Å². The topological polar surface area (TPSA) is 30.0 Å². The highest BCUT2D eigenvalue weighted by molar-refractivity contribution is 6.30. The SMILES string of the molecule is CC(C)N1CCN(CCN2CCN(C3CC(c4ccccc4F)c4cc(Cl)ccc43)CC2)C1=O. The Morgan fingerprint density at radius 1 is 0.941 bits per heavy atom. The Balaban J connectivity index is 1.22. The predicted octanol–water partition coefficient (Wildman–Crippen LogP) is 4.82. The zero-order valence-corrected chi connectivity index (χ0v) is 20.8. The Hall–Kier alpha value is -2.15. The number of piperazine rings is 1. The van der Waals surface area contributed by atoms with Crippen LogP contribution in [0.25, 0.3) is 0 Å². The molecule has 2 saturated heterocycles. The predicted molar refractivity (Wildman–Crippen MR) is 134 cm³/mol. The highest BCUT2D eigenvalue weighted by Crippen LogP contribution is 2.48. The molecule has 2 aromatic rings. The number of amides is 2. The van der Waals surface area contributed by atoms with Crippen LogP contribution in [0, 0.1) is 5.82 Å². The zero-order valence-electron chi connectivity index (χ0n) is 20.1. The fraction of sp³-hybridized carbons (Fsp3) is 0.519. The number of benzene rings is 2. The third-order valence-electron chi connectivity index (χ3n) is 7.81. The number of fused-ring (bicyclic) bond motifs is 1. The average molecular weight is 485 g/mol. The molecule has 2 aromatic carbocycles. The number of carbonyl (C=O) groups is 1. The van der Waals surface area contributed by atoms with Crippen molar-refractivity contribution in [3.8, 4) is 0 Å². The standard InChI is InChI=1S/C27H34ClFN4O/c1-19(2)33-16-15-32(27(33)34)14-11-30-9-12-31(13-10-30)26-18-24(21-5-3-4-6-25(21)29)23-17-20(28)7-8-22(23)26/h3-8,17,19,24,26H,9-16,18H2,1-2H3. The van der Waals surface area contributed by atoms with Crippen molar-refractivity contribution in [1.29, 1.82) is 0 Å². The van der Waals surface area contributed by atoms with Gasteiger partial charge >= 0.3 is 6.03 Å². The van der Waals surface area contributed by atoms with E-state index in [9.17, 15) is 9.18 Å². The van der Waals surface area contributed by atoms with Gasteiger partial charge in [0.15, 0.2) is 0 Å². The van der Waals surface area contributed by atoms with Crippen LogP contribution in [0.4, 0.5) is 9.18 Å². The molecule has 1 aliphatic carbocycles. The van der Waals surface area contributed by atoms with Crippen LogP contribution in [-0.4, -0.2) is 84.0 Å². The second kappa shape index (κ2) is 9.84. The maximum Gasteiger partial charge on any atom is 0.320 e. The van der Waals surface area contributed by atoms with Gasteiger partial charge in [0.2, 0.25) is 0 Å². The van der Waals surface area contributed by atoms with Gasteiger partial charge in [-0.25, -0.2) is 9.18 Å². The maximum absolute atomic E-state index is 14.7. The Bertz CT molecular complexity index is 1040. The molecule has 2 amide bonds. The third-order valence-corrected chi connectivity index (χ3v) is 8.04. The lowest BCUT2D eigenvalue weighted by molar-refractivity contribution is 0.0899. The van der Waals surface area contributed by atoms with E-state index in [-0.39, 0.29) is 29.8 Å². The van der Waals surface area contributed by atoms with E-state index in [0.717, 1.165) is 69.9 Å². The average Bonchev–Trinajstić information content (AvgIpc) is 3.38. The minimum absolute atomic E-state index is 0.0306. The van der Waals surface area contributed by atoms with Crippen LogP contribution in [0.15, 0.2) is 42.5 Å². The van der Waals surface area contributed by atoms with Gasteiger partial charge in [0.05, 0.1) is 0 Å². The van der Waals surface area contributed by atoms with Crippen LogP contribution in [0.3, 0.4) is 0 Å². The number of urea groups is 1. The van der Waals surface area contributed by atoms with Crippen LogP contribution in [0.5, 0.6) is 0 Å². The van der Waals surface area contributed by atoms with Gasteiger partial charge in [0.25, 0.3) is 0 Å². The first-order valence-electron chi connectivity index (χ1n) is 12.5. The lowest BCUT2D eigenvalue weighted by Gasteiger charge is -2.39. The molecule has 182 valence electrons. The van der Waals surface area contributed by atoms with Crippen molar-refractivity contribution in [3.63, 3.8) is 0 Å². The quantitative estimate of drug-likeness (QED) is 0.589. The molecule has 2 fully saturated rings. The number of carbonyl (C=O) groups excluding carboxylic acids is 1. The van der Waals surface area contributed by atoms with Crippen molar-refractivity contribution in [2.24, 2.45) is 0 Å². The highest BCUT2D eigenvalue weighted by atomic mass is 35.5. The van der Waals surface area contributed by atoms with Crippen LogP contribution in [0.2, 0.25) is 5.02 Å². The molecule has 0 N–H and O–H groups in total. The minimum Gasteiger partial charge on any atom is -0.322 e. The summed E-state index contributed by atoms with van der Waals surface area (Å²) in [5.41, 5.74) is 3.20. The van der Waals surface area contributed by atoms with Crippen LogP contribution >= 0.6 is 11.6 Å². The first-order valence-corrected chi connectivity index (χ1v) is 12.9. The molecular formula is C27H34ClFN4O. The molecule has 0 aromatic heterocycles. The molecule has 34 heavy (non-hydrogen) atoms. The number of nitrogens with zero attached hydrogens (tertiary/aromatic N) is 4. The van der Waals surface area contributed by atoms with E-state index in [1.165, 1.54) is 5.56 Å². The van der Waals surface area contributed by atoms with E-state index in [1.54, 1.807) is 12.1 Å². The molecule has 2 aliphatic heterocycles. The van der Waals surface area contributed by atoms with Crippen LogP contribution in [0.1, 0.15) is 48.9 Å². The summed E-state index contributed by atoms with van der Waals surface area (Å²) in [7, 11) is 0. The minimum atomic E-state index is -0.142. The Kier molecular flexibility index (Phi) is 6.83. The summed E-state index contributed by atoms with van der Waals surface area (Å²) < 4.78 is 14.7. The fourth-order valence-electron chi connectivity index (χ4n) is 5.87. The summed E-state index contributed by atoms with van der Waals surface area (Å²) in [6.07, 6.45) is 0.879. The maximum atomic E-state index is 14.7. The summed E-state index contributed by atoms with van der Waals surface area (Å²) in [4.78, 5) is 21.5. The molecule has 7 heteroatoms. The Morgan fingerprint density at radius 3 is 2.41 bits per heavy atom. The summed E-state index contributed by atoms with van der Waals surface area (Å²) in [6.45, 7) is 11.4. The van der Waals surface area contributed by atoms with Gasteiger partial charge in [-0.15, -0.1) is 0 Å². The highest BCUT2D eigenvalue weighted by Gasteiger charge is 2.38. The molecule has 3 aliphatic rings. The largest absolute Gasteiger partial charge is 0.322 e. The van der Waals surface area contributed by atoms with Crippen LogP contribution in [-0.2, 0) is 0 Å². The monoisotopic (exact) mass is 484 g/mol. The molecule has 5 nitrogen and oxygen atoms in total. The van der Waals surface area contributed by atoms with E-state index in [1.807, 2.05) is 34.1 Å². The number of hydrogen-bond donors (Lipinski definition) is 0. The molecule has 0 radical (unpaired) electrons. The lowest BCUT2D eigenvalue weighted by atomic mass is 9.92. The van der Waals surface area contributed by atoms with Gasteiger partial charge in [0, 0.05) is 75.4 Å². The van der Waals surface area contributed by atoms with Gasteiger partial charge in [-0.1, -0.05) is 35.9 Å². The van der Waals surface area contributed by atoms with Crippen molar-refractivity contribution >= 4 is 17.6 Å². The smallest absolute Gasteiger partial charge is 0.320 e. The summed E-state index contributed by atoms with van der Waals surface area (Å²) in [6, 6.07) is 14.0. The van der Waals surface area contributed by atoms with E-state index in [4.69, 9.17) is 11.6 Å². The second-order valence-electron chi connectivity index (χ2n) is 10.0. The number of rotatable bonds is 6. The molecule has 2 atom stereocenters. The first kappa shape index (κ1) is 23.6. The fourth-order valence-corrected chi connectivity index (χ4v) is 6.06. The van der Waals surface area contributed by atoms with E-state index in [0.29, 0.717) is 5.02 Å². The third kappa shape index (κ3) is 4.56. The van der Waals surface area contributed by atoms with E-state index < -0.39 is 0 Å². The van der Waals surface area contributed by atoms with Gasteiger partial charge in [0.1, 0.15) is 5.82 Å². The summed E-state index contributed by atoms with van der Waals surface area (Å²) in [5.74, 6) is -0.112. The zero-order chi connectivity index (χ0) is 23.8. The molecule has 0 bridgehead atoms. The van der Waals surface area contributed by atoms with Crippen molar-refractivity contribution in [2.75, 3.05) is 52.4 Å². The second-order valence-corrected chi connectivity index (χ2v) is 10.5. The molecule has 0 saturated carbocycles. The van der Waals surface area contributed by atoms with Crippen LogP contribution < -0.4 is 0 Å². The first-order chi connectivity index (χ1) is 16.4.